The van der Waals surface area contributed by atoms with Gasteiger partial charge in [0.15, 0.2) is 5.82 Å². The van der Waals surface area contributed by atoms with Crippen LogP contribution in [0.4, 0.5) is 10.2 Å². The van der Waals surface area contributed by atoms with Gasteiger partial charge >= 0.3 is 0 Å². The highest BCUT2D eigenvalue weighted by molar-refractivity contribution is 6.06. The molecule has 7 rings (SSSR count). The summed E-state index contributed by atoms with van der Waals surface area (Å²) >= 11 is 0. The number of imide groups is 1. The SMILES string of the molecule is Cc1nn(CCCCCCCC#Cc2cccc(C(=O)N[C@H]3CCC(=O)NC3=O)c2F)c2cc(C(=O)Nc3cc4[nH]c([C@H]5CCCN5C)cc4cn3)ccc12. The number of hydrogen-bond acceptors (Lipinski definition) is 7. The van der Waals surface area contributed by atoms with Gasteiger partial charge in [0, 0.05) is 59.7 Å². The highest BCUT2D eigenvalue weighted by Gasteiger charge is 2.29. The van der Waals surface area contributed by atoms with E-state index in [2.05, 4.69) is 55.8 Å². The first-order chi connectivity index (χ1) is 26.6. The molecule has 2 aliphatic heterocycles. The van der Waals surface area contributed by atoms with Gasteiger partial charge in [-0.05, 0) is 83.0 Å². The lowest BCUT2D eigenvalue weighted by Gasteiger charge is -2.21. The first-order valence-corrected chi connectivity index (χ1v) is 19.0. The zero-order valence-corrected chi connectivity index (χ0v) is 31.1. The lowest BCUT2D eigenvalue weighted by atomic mass is 10.0. The minimum Gasteiger partial charge on any atom is -0.357 e. The van der Waals surface area contributed by atoms with Crippen molar-refractivity contribution in [1.29, 1.82) is 0 Å². The van der Waals surface area contributed by atoms with E-state index in [0.717, 1.165) is 79.1 Å². The van der Waals surface area contributed by atoms with Crippen molar-refractivity contribution in [3.05, 3.63) is 88.6 Å². The number of carbonyl (C=O) groups is 4. The maximum absolute atomic E-state index is 15.1. The van der Waals surface area contributed by atoms with Crippen LogP contribution in [0.1, 0.15) is 108 Å². The van der Waals surface area contributed by atoms with Crippen molar-refractivity contribution >= 4 is 51.3 Å². The molecular weight excluding hydrogens is 700 g/mol. The van der Waals surface area contributed by atoms with E-state index in [-0.39, 0.29) is 29.9 Å². The second-order valence-corrected chi connectivity index (χ2v) is 14.5. The van der Waals surface area contributed by atoms with Crippen LogP contribution in [0, 0.1) is 24.6 Å². The van der Waals surface area contributed by atoms with Gasteiger partial charge in [0.05, 0.1) is 27.9 Å². The number of anilines is 1. The predicted molar refractivity (Wildman–Crippen MR) is 208 cm³/mol. The number of aromatic amines is 1. The maximum atomic E-state index is 15.1. The Labute approximate surface area is 318 Å². The van der Waals surface area contributed by atoms with E-state index in [9.17, 15) is 19.2 Å². The summed E-state index contributed by atoms with van der Waals surface area (Å²) in [6.45, 7) is 3.80. The van der Waals surface area contributed by atoms with Crippen LogP contribution in [0.5, 0.6) is 0 Å². The lowest BCUT2D eigenvalue weighted by Crippen LogP contribution is -2.52. The van der Waals surface area contributed by atoms with Gasteiger partial charge in [0.1, 0.15) is 11.9 Å². The number of aryl methyl sites for hydroxylation is 2. The van der Waals surface area contributed by atoms with Gasteiger partial charge in [0.2, 0.25) is 11.8 Å². The largest absolute Gasteiger partial charge is 0.357 e. The Morgan fingerprint density at radius 3 is 2.67 bits per heavy atom. The number of unbranched alkanes of at least 4 members (excludes halogenated alkanes) is 5. The number of carbonyl (C=O) groups excluding carboxylic acids is 4. The molecule has 0 bridgehead atoms. The summed E-state index contributed by atoms with van der Waals surface area (Å²) in [5.74, 6) is 3.68. The summed E-state index contributed by atoms with van der Waals surface area (Å²) in [4.78, 5) is 59.7. The fourth-order valence-corrected chi connectivity index (χ4v) is 7.47. The van der Waals surface area contributed by atoms with E-state index in [4.69, 9.17) is 5.10 Å². The molecule has 5 heterocycles. The molecule has 2 aliphatic rings. The van der Waals surface area contributed by atoms with E-state index >= 15 is 4.39 Å². The number of fused-ring (bicyclic) bond motifs is 2. The molecule has 55 heavy (non-hydrogen) atoms. The number of rotatable bonds is 12. The zero-order valence-electron chi connectivity index (χ0n) is 31.1. The van der Waals surface area contributed by atoms with Gasteiger partial charge in [-0.1, -0.05) is 43.2 Å². The van der Waals surface area contributed by atoms with E-state index in [1.54, 1.807) is 12.3 Å². The number of amides is 4. The zero-order chi connectivity index (χ0) is 38.5. The Hall–Kier alpha value is -5.87. The van der Waals surface area contributed by atoms with Crippen LogP contribution in [0.15, 0.2) is 54.7 Å². The molecule has 2 aromatic carbocycles. The van der Waals surface area contributed by atoms with Gasteiger partial charge in [-0.2, -0.15) is 5.10 Å². The molecule has 0 spiro atoms. The summed E-state index contributed by atoms with van der Waals surface area (Å²) in [6, 6.07) is 13.6. The first-order valence-electron chi connectivity index (χ1n) is 19.0. The number of likely N-dealkylation sites (tertiary alicyclic amines) is 1. The topological polar surface area (TPSA) is 154 Å². The Kier molecular flexibility index (Phi) is 11.3. The number of nitrogens with zero attached hydrogens (tertiary/aromatic N) is 4. The smallest absolute Gasteiger partial charge is 0.256 e. The second kappa shape index (κ2) is 16.7. The summed E-state index contributed by atoms with van der Waals surface area (Å²) in [7, 11) is 2.15. The molecule has 5 aromatic rings. The number of nitrogens with one attached hydrogen (secondary N) is 4. The van der Waals surface area contributed by atoms with Crippen molar-refractivity contribution in [3.8, 4) is 11.8 Å². The van der Waals surface area contributed by atoms with Gasteiger partial charge in [-0.25, -0.2) is 9.37 Å². The summed E-state index contributed by atoms with van der Waals surface area (Å²) in [5.41, 5.74) is 4.43. The molecular formula is C42H45FN8O4. The Morgan fingerprint density at radius 2 is 1.85 bits per heavy atom. The van der Waals surface area contributed by atoms with Gasteiger partial charge < -0.3 is 15.6 Å². The third-order valence-corrected chi connectivity index (χ3v) is 10.5. The van der Waals surface area contributed by atoms with Crippen molar-refractivity contribution < 1.29 is 23.6 Å². The average Bonchev–Trinajstić information content (AvgIpc) is 3.88. The highest BCUT2D eigenvalue weighted by Crippen LogP contribution is 2.32. The quantitative estimate of drug-likeness (QED) is 0.0664. The minimum atomic E-state index is -0.887. The van der Waals surface area contributed by atoms with E-state index in [0.29, 0.717) is 23.8 Å². The minimum absolute atomic E-state index is 0.111. The van der Waals surface area contributed by atoms with E-state index < -0.39 is 29.6 Å². The molecule has 284 valence electrons. The molecule has 0 radical (unpaired) electrons. The van der Waals surface area contributed by atoms with Crippen molar-refractivity contribution in [2.75, 3.05) is 18.9 Å². The van der Waals surface area contributed by atoms with Crippen molar-refractivity contribution in [2.45, 2.75) is 89.8 Å². The number of benzene rings is 2. The molecule has 4 N–H and O–H groups in total. The van der Waals surface area contributed by atoms with Crippen LogP contribution < -0.4 is 16.0 Å². The van der Waals surface area contributed by atoms with Crippen LogP contribution in [0.3, 0.4) is 0 Å². The third-order valence-electron chi connectivity index (χ3n) is 10.5. The van der Waals surface area contributed by atoms with Crippen LogP contribution in [0.25, 0.3) is 21.8 Å². The van der Waals surface area contributed by atoms with Crippen LogP contribution >= 0.6 is 0 Å². The number of hydrogen-bond donors (Lipinski definition) is 4. The second-order valence-electron chi connectivity index (χ2n) is 14.5. The summed E-state index contributed by atoms with van der Waals surface area (Å²) in [6.07, 6.45) is 9.74. The normalized spacial score (nSPS) is 17.3. The molecule has 3 aromatic heterocycles. The molecule has 0 unspecified atom stereocenters. The Bertz CT molecular complexity index is 2340. The first kappa shape index (κ1) is 37.4. The number of piperidine rings is 1. The molecule has 13 heteroatoms. The van der Waals surface area contributed by atoms with E-state index in [1.165, 1.54) is 24.2 Å². The fraction of sp³-hybridized carbons (Fsp3) is 0.381. The molecule has 0 saturated carbocycles. The number of H-pyrrole nitrogens is 1. The molecule has 2 saturated heterocycles. The van der Waals surface area contributed by atoms with Gasteiger partial charge in [-0.15, -0.1) is 0 Å². The molecule has 2 fully saturated rings. The third kappa shape index (κ3) is 8.60. The molecule has 0 aliphatic carbocycles. The fourth-order valence-electron chi connectivity index (χ4n) is 7.47. The van der Waals surface area contributed by atoms with Crippen molar-refractivity contribution in [2.24, 2.45) is 0 Å². The number of aromatic nitrogens is 4. The molecule has 4 amide bonds. The van der Waals surface area contributed by atoms with Crippen LogP contribution in [-0.4, -0.2) is 67.9 Å². The maximum Gasteiger partial charge on any atom is 0.256 e. The monoisotopic (exact) mass is 744 g/mol. The Morgan fingerprint density at radius 1 is 1.02 bits per heavy atom. The summed E-state index contributed by atoms with van der Waals surface area (Å²) < 4.78 is 17.1. The molecule has 2 atom stereocenters. The number of halogens is 1. The standard InChI is InChI=1S/C42H45FN8O4/c1-26-30-17-16-28(40(53)47-37-24-33-29(25-44-37)22-34(45-33)35-15-11-20-50(35)2)23-36(30)51(49-26)21-9-7-5-3-4-6-8-12-27-13-10-14-31(39(27)43)41(54)46-32-18-19-38(52)48-42(32)55/h10,13-14,16-17,22-25,32,35,45H,3-7,9,11,15,18-21H2,1-2H3,(H,46,54)(H,44,47,53)(H,48,52,55)/t32-,35+/m0/s1. The van der Waals surface area contributed by atoms with Gasteiger partial charge in [0.25, 0.3) is 11.8 Å². The van der Waals surface area contributed by atoms with Crippen molar-refractivity contribution in [3.63, 3.8) is 0 Å². The van der Waals surface area contributed by atoms with E-state index in [1.807, 2.05) is 35.9 Å². The van der Waals surface area contributed by atoms with Crippen LogP contribution in [-0.2, 0) is 16.1 Å². The lowest BCUT2D eigenvalue weighted by molar-refractivity contribution is -0.134. The Balaban J connectivity index is 0.868. The summed E-state index contributed by atoms with van der Waals surface area (Å²) in [5, 5.41) is 14.4. The van der Waals surface area contributed by atoms with Crippen molar-refractivity contribution in [1.82, 2.24) is 35.3 Å². The van der Waals surface area contributed by atoms with Gasteiger partial charge in [-0.3, -0.25) is 34.1 Å². The molecule has 12 nitrogen and oxygen atoms in total. The predicted octanol–water partition coefficient (Wildman–Crippen LogP) is 6.31. The highest BCUT2D eigenvalue weighted by atomic mass is 19.1. The van der Waals surface area contributed by atoms with Crippen LogP contribution in [0.2, 0.25) is 0 Å². The number of pyridine rings is 1. The average molecular weight is 745 g/mol.